The number of hydrogen-bond donors (Lipinski definition) is 0. The number of rotatable bonds is 6. The van der Waals surface area contributed by atoms with Gasteiger partial charge in [-0.1, -0.05) is 182 Å². The largest absolute Gasteiger partial charge is 0.456 e. The summed E-state index contributed by atoms with van der Waals surface area (Å²) in [7, 11) is 0. The van der Waals surface area contributed by atoms with Gasteiger partial charge in [-0.2, -0.15) is 0 Å². The lowest BCUT2D eigenvalue weighted by Crippen LogP contribution is -2.28. The molecule has 0 atom stereocenters. The van der Waals surface area contributed by atoms with E-state index in [1.54, 1.807) is 0 Å². The van der Waals surface area contributed by atoms with Gasteiger partial charge >= 0.3 is 0 Å². The molecule has 0 saturated carbocycles. The van der Waals surface area contributed by atoms with Crippen LogP contribution in [0.15, 0.2) is 205 Å². The number of nitrogens with zero attached hydrogens (tertiary/aromatic N) is 3. The molecule has 1 aliphatic rings. The van der Waals surface area contributed by atoms with Gasteiger partial charge in [-0.25, -0.2) is 15.0 Å². The second-order valence-corrected chi connectivity index (χ2v) is 14.3. The van der Waals surface area contributed by atoms with Crippen molar-refractivity contribution in [3.63, 3.8) is 0 Å². The van der Waals surface area contributed by atoms with Gasteiger partial charge < -0.3 is 4.42 Å². The molecule has 262 valence electrons. The standard InChI is InChI=1S/C52H33N3O/c1-4-14-35(15-5-1)49-53-50(36-16-6-2-7-17-36)55-51(54-49)37-26-24-34(25-27-37)38-28-31-47-44(32-38)43-30-29-40(33-48(43)56-47)52(39-18-8-3-9-19-39)45-22-12-10-20-41(45)42-21-11-13-23-46(42)52/h1-33H. The SMILES string of the molecule is c1ccc(-c2nc(-c3ccccc3)nc(-c3ccc(-c4ccc5oc6cc(C7(c8ccccc8)c8ccccc8-c8ccccc87)ccc6c5c4)cc3)n2)cc1. The molecule has 0 saturated heterocycles. The lowest BCUT2D eigenvalue weighted by atomic mass is 9.67. The number of benzene rings is 8. The molecule has 0 aliphatic heterocycles. The average molecular weight is 716 g/mol. The first kappa shape index (κ1) is 32.0. The molecule has 56 heavy (non-hydrogen) atoms. The summed E-state index contributed by atoms with van der Waals surface area (Å²) >= 11 is 0. The minimum absolute atomic E-state index is 0.475. The van der Waals surface area contributed by atoms with Gasteiger partial charge in [0.05, 0.1) is 5.41 Å². The van der Waals surface area contributed by atoms with Gasteiger partial charge in [-0.05, 0) is 62.7 Å². The Balaban J connectivity index is 0.990. The maximum Gasteiger partial charge on any atom is 0.164 e. The maximum absolute atomic E-state index is 6.65. The number of fused-ring (bicyclic) bond motifs is 6. The molecule has 1 aliphatic carbocycles. The lowest BCUT2D eigenvalue weighted by Gasteiger charge is -2.33. The Morgan fingerprint density at radius 3 is 1.39 bits per heavy atom. The third-order valence-corrected chi connectivity index (χ3v) is 11.2. The van der Waals surface area contributed by atoms with Gasteiger partial charge in [0, 0.05) is 27.5 Å². The van der Waals surface area contributed by atoms with Crippen molar-refractivity contribution in [2.75, 3.05) is 0 Å². The van der Waals surface area contributed by atoms with Crippen molar-refractivity contribution >= 4 is 21.9 Å². The highest BCUT2D eigenvalue weighted by atomic mass is 16.3. The van der Waals surface area contributed by atoms with E-state index in [1.165, 1.54) is 33.4 Å². The van der Waals surface area contributed by atoms with E-state index in [9.17, 15) is 0 Å². The Bertz CT molecular complexity index is 2960. The zero-order valence-electron chi connectivity index (χ0n) is 30.3. The molecule has 4 nitrogen and oxygen atoms in total. The van der Waals surface area contributed by atoms with E-state index in [0.717, 1.165) is 49.8 Å². The van der Waals surface area contributed by atoms with Crippen LogP contribution in [-0.2, 0) is 5.41 Å². The van der Waals surface area contributed by atoms with Crippen LogP contribution in [0, 0.1) is 0 Å². The van der Waals surface area contributed by atoms with Gasteiger partial charge in [0.15, 0.2) is 17.5 Å². The van der Waals surface area contributed by atoms with E-state index in [4.69, 9.17) is 19.4 Å². The monoisotopic (exact) mass is 715 g/mol. The van der Waals surface area contributed by atoms with Crippen LogP contribution < -0.4 is 0 Å². The first-order valence-corrected chi connectivity index (χ1v) is 18.9. The Labute approximate surface area is 324 Å². The predicted molar refractivity (Wildman–Crippen MR) is 226 cm³/mol. The molecule has 0 bridgehead atoms. The van der Waals surface area contributed by atoms with Crippen molar-refractivity contribution in [3.05, 3.63) is 222 Å². The fraction of sp³-hybridized carbons (Fsp3) is 0.0192. The molecule has 10 aromatic rings. The summed E-state index contributed by atoms with van der Waals surface area (Å²) in [5.41, 5.74) is 13.9. The summed E-state index contributed by atoms with van der Waals surface area (Å²) in [6, 6.07) is 70.4. The van der Waals surface area contributed by atoms with Crippen LogP contribution in [0.1, 0.15) is 22.3 Å². The molecule has 2 heterocycles. The van der Waals surface area contributed by atoms with Crippen molar-refractivity contribution in [1.29, 1.82) is 0 Å². The van der Waals surface area contributed by atoms with Crippen LogP contribution in [0.3, 0.4) is 0 Å². The third-order valence-electron chi connectivity index (χ3n) is 11.2. The highest BCUT2D eigenvalue weighted by molar-refractivity contribution is 6.07. The second kappa shape index (κ2) is 12.9. The maximum atomic E-state index is 6.65. The molecule has 0 fully saturated rings. The number of aromatic nitrogens is 3. The lowest BCUT2D eigenvalue weighted by molar-refractivity contribution is 0.665. The van der Waals surface area contributed by atoms with Crippen LogP contribution in [0.5, 0.6) is 0 Å². The quantitative estimate of drug-likeness (QED) is 0.172. The summed E-state index contributed by atoms with van der Waals surface area (Å²) in [5.74, 6) is 1.93. The fourth-order valence-electron chi connectivity index (χ4n) is 8.65. The second-order valence-electron chi connectivity index (χ2n) is 14.3. The molecular weight excluding hydrogens is 683 g/mol. The molecule has 0 N–H and O–H groups in total. The van der Waals surface area contributed by atoms with Gasteiger partial charge in [0.25, 0.3) is 0 Å². The van der Waals surface area contributed by atoms with Crippen LogP contribution in [0.25, 0.3) is 78.4 Å². The van der Waals surface area contributed by atoms with E-state index in [0.29, 0.717) is 17.5 Å². The van der Waals surface area contributed by atoms with E-state index >= 15 is 0 Å². The molecule has 2 aromatic heterocycles. The third kappa shape index (κ3) is 5.04. The van der Waals surface area contributed by atoms with Crippen molar-refractivity contribution in [1.82, 2.24) is 15.0 Å². The summed E-state index contributed by atoms with van der Waals surface area (Å²) < 4.78 is 6.65. The van der Waals surface area contributed by atoms with Crippen LogP contribution in [0.4, 0.5) is 0 Å². The smallest absolute Gasteiger partial charge is 0.164 e. The summed E-state index contributed by atoms with van der Waals surface area (Å²) in [4.78, 5) is 14.7. The van der Waals surface area contributed by atoms with Crippen molar-refractivity contribution in [2.45, 2.75) is 5.41 Å². The molecule has 8 aromatic carbocycles. The summed E-state index contributed by atoms with van der Waals surface area (Å²) in [6.07, 6.45) is 0. The zero-order chi connectivity index (χ0) is 37.1. The molecule has 0 amide bonds. The van der Waals surface area contributed by atoms with E-state index in [1.807, 2.05) is 60.7 Å². The van der Waals surface area contributed by atoms with E-state index in [-0.39, 0.29) is 0 Å². The van der Waals surface area contributed by atoms with E-state index < -0.39 is 5.41 Å². The number of furan rings is 1. The highest BCUT2D eigenvalue weighted by Gasteiger charge is 2.46. The van der Waals surface area contributed by atoms with Gasteiger partial charge in [-0.15, -0.1) is 0 Å². The van der Waals surface area contributed by atoms with Crippen LogP contribution >= 0.6 is 0 Å². The average Bonchev–Trinajstić information content (AvgIpc) is 3.80. The fourth-order valence-corrected chi connectivity index (χ4v) is 8.65. The topological polar surface area (TPSA) is 51.8 Å². The van der Waals surface area contributed by atoms with E-state index in [2.05, 4.69) is 140 Å². The predicted octanol–water partition coefficient (Wildman–Crippen LogP) is 12.8. The first-order valence-electron chi connectivity index (χ1n) is 18.9. The molecule has 4 heteroatoms. The highest BCUT2D eigenvalue weighted by Crippen LogP contribution is 2.56. The van der Waals surface area contributed by atoms with Gasteiger partial charge in [0.2, 0.25) is 0 Å². The van der Waals surface area contributed by atoms with Crippen LogP contribution in [-0.4, -0.2) is 15.0 Å². The van der Waals surface area contributed by atoms with Crippen molar-refractivity contribution in [3.8, 4) is 56.4 Å². The molecule has 0 radical (unpaired) electrons. The Morgan fingerprint density at radius 2 is 0.804 bits per heavy atom. The Hall–Kier alpha value is -7.43. The first-order chi connectivity index (χ1) is 27.7. The zero-order valence-corrected chi connectivity index (χ0v) is 30.3. The summed E-state index contributed by atoms with van der Waals surface area (Å²) in [5, 5.41) is 2.18. The van der Waals surface area contributed by atoms with Crippen molar-refractivity contribution in [2.24, 2.45) is 0 Å². The Kier molecular flexibility index (Phi) is 7.36. The minimum atomic E-state index is -0.475. The minimum Gasteiger partial charge on any atom is -0.456 e. The van der Waals surface area contributed by atoms with Crippen LogP contribution in [0.2, 0.25) is 0 Å². The molecule has 0 spiro atoms. The van der Waals surface area contributed by atoms with Gasteiger partial charge in [-0.3, -0.25) is 0 Å². The number of hydrogen-bond acceptors (Lipinski definition) is 4. The summed E-state index contributed by atoms with van der Waals surface area (Å²) in [6.45, 7) is 0. The van der Waals surface area contributed by atoms with Crippen molar-refractivity contribution < 1.29 is 4.42 Å². The Morgan fingerprint density at radius 1 is 0.321 bits per heavy atom. The molecular formula is C52H33N3O. The normalized spacial score (nSPS) is 12.8. The van der Waals surface area contributed by atoms with Gasteiger partial charge in [0.1, 0.15) is 11.2 Å². The molecule has 11 rings (SSSR count). The molecule has 0 unspecified atom stereocenters.